The van der Waals surface area contributed by atoms with Crippen LogP contribution in [0.2, 0.25) is 0 Å². The number of anilines is 1. The first-order chi connectivity index (χ1) is 15.2. The molecule has 0 saturated carbocycles. The molecule has 0 radical (unpaired) electrons. The number of fused-ring (bicyclic) bond motifs is 1. The molecule has 1 aromatic heterocycles. The van der Waals surface area contributed by atoms with Crippen molar-refractivity contribution in [1.82, 2.24) is 4.98 Å². The molecule has 8 heteroatoms. The first-order valence-corrected chi connectivity index (χ1v) is 10.9. The van der Waals surface area contributed by atoms with Crippen LogP contribution in [0.25, 0.3) is 10.2 Å². The maximum absolute atomic E-state index is 13.4. The number of hydrogen-bond donors (Lipinski definition) is 1. The van der Waals surface area contributed by atoms with E-state index in [0.29, 0.717) is 27.7 Å². The van der Waals surface area contributed by atoms with Crippen LogP contribution in [0.15, 0.2) is 53.8 Å². The van der Waals surface area contributed by atoms with Crippen molar-refractivity contribution in [3.05, 3.63) is 59.4 Å². The Labute approximate surface area is 189 Å². The summed E-state index contributed by atoms with van der Waals surface area (Å²) in [7, 11) is 3.10. The Kier molecular flexibility index (Phi) is 5.42. The summed E-state index contributed by atoms with van der Waals surface area (Å²) in [5.41, 5.74) is 0.493. The number of nitrogens with zero attached hydrogens (tertiary/aromatic N) is 2. The molecular weight excluding hydrogens is 428 g/mol. The van der Waals surface area contributed by atoms with Crippen LogP contribution in [0.4, 0.5) is 5.13 Å². The van der Waals surface area contributed by atoms with E-state index in [4.69, 9.17) is 9.47 Å². The topological polar surface area (TPSA) is 89.0 Å². The van der Waals surface area contributed by atoms with Crippen molar-refractivity contribution in [2.24, 2.45) is 5.41 Å². The predicted molar refractivity (Wildman–Crippen MR) is 124 cm³/mol. The fourth-order valence-corrected chi connectivity index (χ4v) is 4.72. The Balaban J connectivity index is 1.93. The molecule has 1 N–H and O–H groups in total. The number of ketones is 1. The number of methoxy groups -OCH3 is 2. The van der Waals surface area contributed by atoms with Gasteiger partial charge in [0.25, 0.3) is 5.91 Å². The second kappa shape index (κ2) is 7.94. The molecule has 2 heterocycles. The summed E-state index contributed by atoms with van der Waals surface area (Å²) in [6, 6.07) is 11.8. The van der Waals surface area contributed by atoms with Crippen LogP contribution in [-0.4, -0.2) is 36.0 Å². The van der Waals surface area contributed by atoms with Gasteiger partial charge in [-0.3, -0.25) is 14.5 Å². The number of rotatable bonds is 5. The van der Waals surface area contributed by atoms with Gasteiger partial charge in [-0.25, -0.2) is 4.98 Å². The molecule has 0 aliphatic carbocycles. The summed E-state index contributed by atoms with van der Waals surface area (Å²) >= 11 is 1.30. The molecule has 0 saturated heterocycles. The fourth-order valence-electron chi connectivity index (χ4n) is 3.75. The van der Waals surface area contributed by atoms with E-state index >= 15 is 0 Å². The molecule has 2 aromatic carbocycles. The summed E-state index contributed by atoms with van der Waals surface area (Å²) in [4.78, 5) is 32.7. The molecule has 1 unspecified atom stereocenters. The van der Waals surface area contributed by atoms with E-state index in [1.54, 1.807) is 52.1 Å². The average Bonchev–Trinajstić information content (AvgIpc) is 3.30. The first-order valence-electron chi connectivity index (χ1n) is 10.1. The molecule has 3 aromatic rings. The van der Waals surface area contributed by atoms with Crippen molar-refractivity contribution >= 4 is 38.4 Å². The van der Waals surface area contributed by atoms with E-state index in [0.717, 1.165) is 4.70 Å². The van der Waals surface area contributed by atoms with Gasteiger partial charge in [0.15, 0.2) is 16.7 Å². The highest BCUT2D eigenvalue weighted by Crippen LogP contribution is 2.47. The predicted octanol–water partition coefficient (Wildman–Crippen LogP) is 4.83. The van der Waals surface area contributed by atoms with E-state index in [9.17, 15) is 14.7 Å². The number of aliphatic hydroxyl groups excluding tert-OH is 1. The third kappa shape index (κ3) is 3.50. The van der Waals surface area contributed by atoms with E-state index < -0.39 is 23.1 Å². The van der Waals surface area contributed by atoms with E-state index in [-0.39, 0.29) is 11.4 Å². The highest BCUT2D eigenvalue weighted by Gasteiger charge is 2.48. The minimum Gasteiger partial charge on any atom is -0.503 e. The summed E-state index contributed by atoms with van der Waals surface area (Å²) in [5.74, 6) is -0.387. The Morgan fingerprint density at radius 3 is 2.50 bits per heavy atom. The third-order valence-corrected chi connectivity index (χ3v) is 6.39. The lowest BCUT2D eigenvalue weighted by atomic mass is 9.82. The summed E-state index contributed by atoms with van der Waals surface area (Å²) in [5, 5.41) is 11.2. The van der Waals surface area contributed by atoms with Crippen molar-refractivity contribution in [3.63, 3.8) is 0 Å². The average molecular weight is 453 g/mol. The second-order valence-corrected chi connectivity index (χ2v) is 9.50. The van der Waals surface area contributed by atoms with Crippen molar-refractivity contribution in [2.45, 2.75) is 26.8 Å². The van der Waals surface area contributed by atoms with Gasteiger partial charge in [-0.15, -0.1) is 0 Å². The molecule has 32 heavy (non-hydrogen) atoms. The zero-order chi connectivity index (χ0) is 23.2. The number of hydrogen-bond acceptors (Lipinski definition) is 7. The van der Waals surface area contributed by atoms with Crippen LogP contribution in [0.5, 0.6) is 11.5 Å². The minimum atomic E-state index is -0.868. The normalized spacial score (nSPS) is 16.7. The Bertz CT molecular complexity index is 1250. The van der Waals surface area contributed by atoms with Crippen LogP contribution < -0.4 is 14.4 Å². The van der Waals surface area contributed by atoms with Gasteiger partial charge >= 0.3 is 0 Å². The van der Waals surface area contributed by atoms with Gasteiger partial charge in [-0.2, -0.15) is 0 Å². The SMILES string of the molecule is COc1ccc2sc(N3C(=O)C(O)=C(C(=O)C(C)(C)C)C3c3ccccc3OC)nc2c1. The Morgan fingerprint density at radius 1 is 1.12 bits per heavy atom. The Morgan fingerprint density at radius 2 is 1.84 bits per heavy atom. The van der Waals surface area contributed by atoms with Crippen molar-refractivity contribution in [1.29, 1.82) is 0 Å². The number of para-hydroxylation sites is 1. The molecule has 7 nitrogen and oxygen atoms in total. The molecule has 1 aliphatic heterocycles. The van der Waals surface area contributed by atoms with Gasteiger partial charge in [0.2, 0.25) is 0 Å². The van der Waals surface area contributed by atoms with Crippen LogP contribution in [-0.2, 0) is 9.59 Å². The van der Waals surface area contributed by atoms with Crippen LogP contribution in [0.3, 0.4) is 0 Å². The number of carbonyl (C=O) groups excluding carboxylic acids is 2. The molecule has 0 fully saturated rings. The van der Waals surface area contributed by atoms with Crippen LogP contribution >= 0.6 is 11.3 Å². The Hall–Kier alpha value is -3.39. The zero-order valence-electron chi connectivity index (χ0n) is 18.5. The lowest BCUT2D eigenvalue weighted by Crippen LogP contribution is -2.33. The van der Waals surface area contributed by atoms with Crippen molar-refractivity contribution in [3.8, 4) is 11.5 Å². The van der Waals surface area contributed by atoms with Crippen molar-refractivity contribution < 1.29 is 24.2 Å². The molecule has 0 spiro atoms. The summed E-state index contributed by atoms with van der Waals surface area (Å²) in [6.45, 7) is 5.27. The zero-order valence-corrected chi connectivity index (χ0v) is 19.3. The summed E-state index contributed by atoms with van der Waals surface area (Å²) in [6.07, 6.45) is 0. The molecule has 1 aliphatic rings. The van der Waals surface area contributed by atoms with Crippen molar-refractivity contribution in [2.75, 3.05) is 19.1 Å². The first kappa shape index (κ1) is 21.8. The number of ether oxygens (including phenoxy) is 2. The van der Waals surface area contributed by atoms with Gasteiger partial charge in [-0.05, 0) is 18.2 Å². The maximum Gasteiger partial charge on any atom is 0.296 e. The van der Waals surface area contributed by atoms with Gasteiger partial charge < -0.3 is 14.6 Å². The quantitative estimate of drug-likeness (QED) is 0.597. The second-order valence-electron chi connectivity index (χ2n) is 8.49. The number of aliphatic hydroxyl groups is 1. The van der Waals surface area contributed by atoms with E-state index in [2.05, 4.69) is 4.98 Å². The third-order valence-electron chi connectivity index (χ3n) is 5.36. The largest absolute Gasteiger partial charge is 0.503 e. The van der Waals surface area contributed by atoms with Gasteiger partial charge in [-0.1, -0.05) is 50.3 Å². The van der Waals surface area contributed by atoms with Crippen LogP contribution in [0, 0.1) is 5.41 Å². The number of amides is 1. The minimum absolute atomic E-state index is 0.0452. The lowest BCUT2D eigenvalue weighted by molar-refractivity contribution is -0.123. The highest BCUT2D eigenvalue weighted by molar-refractivity contribution is 7.22. The number of thiazole rings is 1. The van der Waals surface area contributed by atoms with Crippen LogP contribution in [0.1, 0.15) is 32.4 Å². The molecule has 1 amide bonds. The number of aromatic nitrogens is 1. The highest BCUT2D eigenvalue weighted by atomic mass is 32.1. The molecular formula is C24H24N2O5S. The summed E-state index contributed by atoms with van der Waals surface area (Å²) < 4.78 is 11.7. The fraction of sp³-hybridized carbons (Fsp3) is 0.292. The number of Topliss-reactive ketones (excluding diaryl/α,β-unsaturated/α-hetero) is 1. The monoisotopic (exact) mass is 452 g/mol. The number of benzene rings is 2. The van der Waals surface area contributed by atoms with E-state index in [1.165, 1.54) is 23.3 Å². The number of carbonyl (C=O) groups is 2. The van der Waals surface area contributed by atoms with Gasteiger partial charge in [0.1, 0.15) is 17.5 Å². The molecule has 1 atom stereocenters. The lowest BCUT2D eigenvalue weighted by Gasteiger charge is -2.28. The molecule has 166 valence electrons. The molecule has 0 bridgehead atoms. The van der Waals surface area contributed by atoms with Gasteiger partial charge in [0.05, 0.1) is 30.0 Å². The standard InChI is InChI=1S/C24H24N2O5S/c1-24(2,3)21(28)18-19(14-8-6-7-9-16(14)31-5)26(22(29)20(18)27)23-25-15-12-13(30-4)10-11-17(15)32-23/h6-12,19,27H,1-5H3. The smallest absolute Gasteiger partial charge is 0.296 e. The maximum atomic E-state index is 13.4. The molecule has 4 rings (SSSR count). The van der Waals surface area contributed by atoms with Gasteiger partial charge in [0, 0.05) is 17.0 Å². The van der Waals surface area contributed by atoms with E-state index in [1.807, 2.05) is 18.2 Å².